The second-order valence-corrected chi connectivity index (χ2v) is 5.99. The first kappa shape index (κ1) is 13.9. The molecular weight excluding hydrogens is 256 g/mol. The summed E-state index contributed by atoms with van der Waals surface area (Å²) in [5, 5.41) is 3.43. The molecule has 1 N–H and O–H groups in total. The summed E-state index contributed by atoms with van der Waals surface area (Å²) in [7, 11) is 0. The molecule has 4 heteroatoms. The third kappa shape index (κ3) is 3.47. The second-order valence-electron chi connectivity index (χ2n) is 4.53. The Morgan fingerprint density at radius 3 is 2.79 bits per heavy atom. The molecule has 19 heavy (non-hydrogen) atoms. The zero-order valence-electron chi connectivity index (χ0n) is 11.9. The number of aryl methyl sites for hydroxylation is 2. The molecule has 2 aromatic heterocycles. The van der Waals surface area contributed by atoms with Gasteiger partial charge in [-0.1, -0.05) is 6.07 Å². The third-order valence-corrected chi connectivity index (χ3v) is 3.91. The van der Waals surface area contributed by atoms with Gasteiger partial charge in [-0.25, -0.2) is 0 Å². The molecule has 0 saturated carbocycles. The quantitative estimate of drug-likeness (QED) is 0.882. The van der Waals surface area contributed by atoms with E-state index in [1.807, 2.05) is 36.5 Å². The summed E-state index contributed by atoms with van der Waals surface area (Å²) >= 11 is 1.83. The van der Waals surface area contributed by atoms with Gasteiger partial charge in [0.1, 0.15) is 5.82 Å². The van der Waals surface area contributed by atoms with Crippen molar-refractivity contribution in [2.45, 2.75) is 33.7 Å². The van der Waals surface area contributed by atoms with Crippen LogP contribution in [0.1, 0.15) is 35.2 Å². The van der Waals surface area contributed by atoms with Gasteiger partial charge in [0.2, 0.25) is 5.88 Å². The number of nitrogens with one attached hydrogen (secondary N) is 1. The van der Waals surface area contributed by atoms with E-state index in [9.17, 15) is 0 Å². The summed E-state index contributed by atoms with van der Waals surface area (Å²) in [5.74, 6) is 1.51. The highest BCUT2D eigenvalue weighted by molar-refractivity contribution is 7.12. The Morgan fingerprint density at radius 2 is 2.16 bits per heavy atom. The zero-order valence-corrected chi connectivity index (χ0v) is 12.7. The smallest absolute Gasteiger partial charge is 0.215 e. The summed E-state index contributed by atoms with van der Waals surface area (Å²) in [4.78, 5) is 7.14. The molecule has 0 fully saturated rings. The van der Waals surface area contributed by atoms with Crippen molar-refractivity contribution < 1.29 is 4.74 Å². The Balaban J connectivity index is 2.12. The maximum atomic E-state index is 5.41. The number of anilines is 1. The molecule has 0 saturated heterocycles. The number of ether oxygens (including phenoxy) is 1. The van der Waals surface area contributed by atoms with E-state index in [2.05, 4.69) is 37.1 Å². The van der Waals surface area contributed by atoms with E-state index in [-0.39, 0.29) is 6.04 Å². The molecule has 0 spiro atoms. The Hall–Kier alpha value is -1.55. The molecule has 2 heterocycles. The Kier molecular flexibility index (Phi) is 4.43. The largest absolute Gasteiger partial charge is 0.478 e. The number of rotatable bonds is 5. The van der Waals surface area contributed by atoms with E-state index in [0.717, 1.165) is 5.82 Å². The second kappa shape index (κ2) is 6.06. The molecule has 2 rings (SSSR count). The monoisotopic (exact) mass is 276 g/mol. The van der Waals surface area contributed by atoms with Crippen LogP contribution in [0.5, 0.6) is 5.88 Å². The van der Waals surface area contributed by atoms with E-state index in [4.69, 9.17) is 4.74 Å². The van der Waals surface area contributed by atoms with E-state index < -0.39 is 0 Å². The van der Waals surface area contributed by atoms with Crippen LogP contribution >= 0.6 is 11.3 Å². The van der Waals surface area contributed by atoms with Gasteiger partial charge < -0.3 is 10.1 Å². The molecule has 0 aliphatic carbocycles. The molecule has 1 unspecified atom stereocenters. The number of hydrogen-bond acceptors (Lipinski definition) is 4. The van der Waals surface area contributed by atoms with Gasteiger partial charge in [0, 0.05) is 15.8 Å². The van der Waals surface area contributed by atoms with Crippen molar-refractivity contribution in [1.82, 2.24) is 4.98 Å². The average molecular weight is 276 g/mol. The van der Waals surface area contributed by atoms with E-state index in [1.54, 1.807) is 0 Å². The van der Waals surface area contributed by atoms with Crippen molar-refractivity contribution in [1.29, 1.82) is 0 Å². The van der Waals surface area contributed by atoms with Gasteiger partial charge in [-0.05, 0) is 45.4 Å². The van der Waals surface area contributed by atoms with Crippen LogP contribution in [0.3, 0.4) is 0 Å². The van der Waals surface area contributed by atoms with Gasteiger partial charge in [0.05, 0.1) is 12.6 Å². The highest BCUT2D eigenvalue weighted by atomic mass is 32.1. The lowest BCUT2D eigenvalue weighted by Crippen LogP contribution is -2.08. The number of aromatic nitrogens is 1. The molecular formula is C15H20N2OS. The van der Waals surface area contributed by atoms with Crippen molar-refractivity contribution in [2.24, 2.45) is 0 Å². The van der Waals surface area contributed by atoms with Crippen molar-refractivity contribution in [3.8, 4) is 5.88 Å². The van der Waals surface area contributed by atoms with Crippen LogP contribution in [0, 0.1) is 13.8 Å². The van der Waals surface area contributed by atoms with Crippen LogP contribution in [0.25, 0.3) is 0 Å². The number of pyridine rings is 1. The van der Waals surface area contributed by atoms with Crippen molar-refractivity contribution in [3.63, 3.8) is 0 Å². The van der Waals surface area contributed by atoms with Crippen LogP contribution in [-0.2, 0) is 0 Å². The fourth-order valence-corrected chi connectivity index (χ4v) is 3.13. The minimum absolute atomic E-state index is 0.245. The van der Waals surface area contributed by atoms with Crippen molar-refractivity contribution >= 4 is 17.2 Å². The maximum Gasteiger partial charge on any atom is 0.215 e. The van der Waals surface area contributed by atoms with Crippen LogP contribution in [0.4, 0.5) is 5.82 Å². The SMILES string of the molecule is CCOc1cccc(NC(C)c2cc(C)sc2C)n1. The lowest BCUT2D eigenvalue weighted by Gasteiger charge is -2.15. The van der Waals surface area contributed by atoms with E-state index in [1.165, 1.54) is 15.3 Å². The third-order valence-electron chi connectivity index (χ3n) is 2.93. The molecule has 2 aromatic rings. The van der Waals surface area contributed by atoms with Gasteiger partial charge >= 0.3 is 0 Å². The molecule has 0 aliphatic rings. The molecule has 102 valence electrons. The Labute approximate surface area is 118 Å². The lowest BCUT2D eigenvalue weighted by atomic mass is 10.1. The molecule has 1 atom stereocenters. The molecule has 0 amide bonds. The first-order valence-electron chi connectivity index (χ1n) is 6.53. The minimum atomic E-state index is 0.245. The normalized spacial score (nSPS) is 12.2. The lowest BCUT2D eigenvalue weighted by molar-refractivity contribution is 0.327. The molecule has 0 radical (unpaired) electrons. The summed E-state index contributed by atoms with van der Waals surface area (Å²) in [6.07, 6.45) is 0. The van der Waals surface area contributed by atoms with Crippen LogP contribution in [0.15, 0.2) is 24.3 Å². The highest BCUT2D eigenvalue weighted by Gasteiger charge is 2.11. The van der Waals surface area contributed by atoms with Crippen molar-refractivity contribution in [3.05, 3.63) is 39.6 Å². The van der Waals surface area contributed by atoms with Gasteiger partial charge in [-0.3, -0.25) is 0 Å². The van der Waals surface area contributed by atoms with E-state index >= 15 is 0 Å². The predicted molar refractivity (Wildman–Crippen MR) is 81.2 cm³/mol. The molecule has 0 bridgehead atoms. The first-order valence-corrected chi connectivity index (χ1v) is 7.35. The molecule has 0 aliphatic heterocycles. The van der Waals surface area contributed by atoms with Crippen LogP contribution in [-0.4, -0.2) is 11.6 Å². The number of thiophene rings is 1. The van der Waals surface area contributed by atoms with Crippen molar-refractivity contribution in [2.75, 3.05) is 11.9 Å². The van der Waals surface area contributed by atoms with Crippen LogP contribution in [0.2, 0.25) is 0 Å². The summed E-state index contributed by atoms with van der Waals surface area (Å²) < 4.78 is 5.41. The summed E-state index contributed by atoms with van der Waals surface area (Å²) in [6.45, 7) is 9.05. The predicted octanol–water partition coefficient (Wildman–Crippen LogP) is 4.33. The summed E-state index contributed by atoms with van der Waals surface area (Å²) in [5.41, 5.74) is 1.34. The summed E-state index contributed by atoms with van der Waals surface area (Å²) in [6, 6.07) is 8.28. The molecule has 0 aromatic carbocycles. The fraction of sp³-hybridized carbons (Fsp3) is 0.400. The zero-order chi connectivity index (χ0) is 13.8. The van der Waals surface area contributed by atoms with E-state index in [0.29, 0.717) is 12.5 Å². The average Bonchev–Trinajstić information content (AvgIpc) is 2.69. The van der Waals surface area contributed by atoms with Crippen LogP contribution < -0.4 is 10.1 Å². The standard InChI is InChI=1S/C15H20N2OS/c1-5-18-15-8-6-7-14(17-15)16-11(3)13-9-10(2)19-12(13)4/h6-9,11H,5H2,1-4H3,(H,16,17). The van der Waals surface area contributed by atoms with Gasteiger partial charge in [-0.15, -0.1) is 11.3 Å². The van der Waals surface area contributed by atoms with Gasteiger partial charge in [0.25, 0.3) is 0 Å². The van der Waals surface area contributed by atoms with Gasteiger partial charge in [0.15, 0.2) is 0 Å². The topological polar surface area (TPSA) is 34.1 Å². The minimum Gasteiger partial charge on any atom is -0.478 e. The number of hydrogen-bond donors (Lipinski definition) is 1. The molecule has 3 nitrogen and oxygen atoms in total. The first-order chi connectivity index (χ1) is 9.10. The van der Waals surface area contributed by atoms with Gasteiger partial charge in [-0.2, -0.15) is 4.98 Å². The fourth-order valence-electron chi connectivity index (χ4n) is 2.10. The maximum absolute atomic E-state index is 5.41. The Morgan fingerprint density at radius 1 is 1.37 bits per heavy atom. The Bertz CT molecular complexity index is 551. The highest BCUT2D eigenvalue weighted by Crippen LogP contribution is 2.28. The number of nitrogens with zero attached hydrogens (tertiary/aromatic N) is 1.